The predicted octanol–water partition coefficient (Wildman–Crippen LogP) is 3.92. The van der Waals surface area contributed by atoms with Crippen LogP contribution in [0.4, 0.5) is 10.5 Å². The fraction of sp³-hybridized carbons (Fsp3) is 0.150. The molecule has 0 aliphatic carbocycles. The van der Waals surface area contributed by atoms with Crippen molar-refractivity contribution in [2.45, 2.75) is 19.4 Å². The monoisotopic (exact) mass is 369 g/mol. The Labute approximate surface area is 155 Å². The molecule has 0 fully saturated rings. The number of ketones is 1. The molecule has 7 nitrogen and oxygen atoms in total. The summed E-state index contributed by atoms with van der Waals surface area (Å²) in [6, 6.07) is 12.4. The van der Waals surface area contributed by atoms with Gasteiger partial charge in [0.2, 0.25) is 0 Å². The van der Waals surface area contributed by atoms with Crippen molar-refractivity contribution in [1.29, 1.82) is 0 Å². The molecular weight excluding hydrogens is 350 g/mol. The number of nitrogens with one attached hydrogen (secondary N) is 1. The number of benzene rings is 2. The maximum atomic E-state index is 12.2. The van der Waals surface area contributed by atoms with Gasteiger partial charge in [0.25, 0.3) is 0 Å². The van der Waals surface area contributed by atoms with Gasteiger partial charge in [0.1, 0.15) is 11.9 Å². The van der Waals surface area contributed by atoms with Gasteiger partial charge in [0.05, 0.1) is 0 Å². The molecule has 0 heterocycles. The Bertz CT molecular complexity index is 840. The highest BCUT2D eigenvalue weighted by Crippen LogP contribution is 2.24. The molecule has 140 valence electrons. The highest BCUT2D eigenvalue weighted by atomic mass is 16.6. The van der Waals surface area contributed by atoms with Crippen LogP contribution in [0.5, 0.6) is 5.75 Å². The maximum Gasteiger partial charge on any atom is 0.412 e. The zero-order chi connectivity index (χ0) is 19.8. The topological polar surface area (TPSA) is 113 Å². The number of carboxylic acids is 1. The van der Waals surface area contributed by atoms with E-state index >= 15 is 0 Å². The van der Waals surface area contributed by atoms with E-state index in [0.29, 0.717) is 16.8 Å². The van der Waals surface area contributed by atoms with Crippen molar-refractivity contribution in [3.05, 3.63) is 71.8 Å². The van der Waals surface area contributed by atoms with Crippen molar-refractivity contribution in [2.24, 2.45) is 0 Å². The molecule has 27 heavy (non-hydrogen) atoms. The molecule has 3 N–H and O–H groups in total. The molecule has 0 aliphatic heterocycles. The van der Waals surface area contributed by atoms with Gasteiger partial charge in [-0.25, -0.2) is 9.59 Å². The molecule has 0 spiro atoms. The zero-order valence-corrected chi connectivity index (χ0v) is 14.6. The van der Waals surface area contributed by atoms with Gasteiger partial charge in [0, 0.05) is 23.7 Å². The summed E-state index contributed by atoms with van der Waals surface area (Å²) in [6.07, 6.45) is 1.03. The minimum Gasteiger partial charge on any atom is -0.508 e. The van der Waals surface area contributed by atoms with Gasteiger partial charge in [-0.15, -0.1) is 0 Å². The Kier molecular flexibility index (Phi) is 6.71. The van der Waals surface area contributed by atoms with Gasteiger partial charge in [-0.1, -0.05) is 18.2 Å². The van der Waals surface area contributed by atoms with E-state index < -0.39 is 18.2 Å². The molecule has 0 radical (unpaired) electrons. The van der Waals surface area contributed by atoms with Crippen LogP contribution in [0.3, 0.4) is 0 Å². The second kappa shape index (κ2) is 9.19. The molecule has 2 aromatic rings. The lowest BCUT2D eigenvalue weighted by Crippen LogP contribution is -2.17. The lowest BCUT2D eigenvalue weighted by molar-refractivity contribution is -0.131. The largest absolute Gasteiger partial charge is 0.508 e. The number of aromatic hydroxyl groups is 1. The van der Waals surface area contributed by atoms with Crippen LogP contribution in [0.2, 0.25) is 0 Å². The van der Waals surface area contributed by atoms with Gasteiger partial charge in [0.15, 0.2) is 5.78 Å². The van der Waals surface area contributed by atoms with E-state index in [-0.39, 0.29) is 18.0 Å². The molecule has 0 aliphatic rings. The molecule has 0 unspecified atom stereocenters. The molecule has 2 rings (SSSR count). The van der Waals surface area contributed by atoms with Crippen LogP contribution >= 0.6 is 0 Å². The average molecular weight is 369 g/mol. The maximum absolute atomic E-state index is 12.2. The average Bonchev–Trinajstić information content (AvgIpc) is 2.61. The Morgan fingerprint density at radius 2 is 1.70 bits per heavy atom. The first-order chi connectivity index (χ1) is 12.8. The highest BCUT2D eigenvalue weighted by Gasteiger charge is 2.16. The van der Waals surface area contributed by atoms with Crippen LogP contribution in [-0.2, 0) is 9.53 Å². The van der Waals surface area contributed by atoms with Crippen LogP contribution in [0.25, 0.3) is 0 Å². The summed E-state index contributed by atoms with van der Waals surface area (Å²) < 4.78 is 5.40. The van der Waals surface area contributed by atoms with Gasteiger partial charge in [-0.05, 0) is 48.9 Å². The summed E-state index contributed by atoms with van der Waals surface area (Å²) in [5, 5.41) is 20.7. The van der Waals surface area contributed by atoms with E-state index in [1.807, 2.05) is 0 Å². The van der Waals surface area contributed by atoms with Gasteiger partial charge < -0.3 is 14.9 Å². The minimum atomic E-state index is -1.10. The van der Waals surface area contributed by atoms with E-state index in [1.165, 1.54) is 25.1 Å². The number of amides is 1. The number of phenolic OH excluding ortho intramolecular Hbond substituents is 1. The number of ether oxygens (including phenoxy) is 1. The number of hydrogen-bond acceptors (Lipinski definition) is 5. The van der Waals surface area contributed by atoms with Crippen LogP contribution in [0.15, 0.2) is 60.7 Å². The van der Waals surface area contributed by atoms with Crippen molar-refractivity contribution >= 4 is 23.5 Å². The number of phenols is 1. The Morgan fingerprint density at radius 3 is 2.26 bits per heavy atom. The lowest BCUT2D eigenvalue weighted by Gasteiger charge is -2.17. The standard InChI is InChI=1S/C20H19NO6/c1-13(22)14-5-9-16(10-6-14)21-20(26)27-18(3-2-4-19(24)25)15-7-11-17(23)12-8-15/h2,4-12,18,23H,3H2,1H3,(H,21,26)(H,24,25)/b4-2+/t18-/m0/s1. The fourth-order valence-corrected chi connectivity index (χ4v) is 2.30. The number of rotatable bonds is 7. The Morgan fingerprint density at radius 1 is 1.07 bits per heavy atom. The molecule has 0 saturated carbocycles. The number of carbonyl (C=O) groups excluding carboxylic acids is 2. The summed E-state index contributed by atoms with van der Waals surface area (Å²) in [7, 11) is 0. The molecule has 0 saturated heterocycles. The van der Waals surface area contributed by atoms with Crippen molar-refractivity contribution in [2.75, 3.05) is 5.32 Å². The van der Waals surface area contributed by atoms with Crippen molar-refractivity contribution in [3.63, 3.8) is 0 Å². The van der Waals surface area contributed by atoms with Crippen LogP contribution in [0, 0.1) is 0 Å². The van der Waals surface area contributed by atoms with E-state index in [0.717, 1.165) is 6.08 Å². The minimum absolute atomic E-state index is 0.0635. The summed E-state index contributed by atoms with van der Waals surface area (Å²) in [5.41, 5.74) is 1.58. The van der Waals surface area contributed by atoms with Gasteiger partial charge in [-0.2, -0.15) is 0 Å². The molecule has 2 aromatic carbocycles. The van der Waals surface area contributed by atoms with Crippen LogP contribution < -0.4 is 5.32 Å². The van der Waals surface area contributed by atoms with Crippen LogP contribution in [-0.4, -0.2) is 28.1 Å². The number of Topliss-reactive ketones (excluding diaryl/α,β-unsaturated/α-hetero) is 1. The van der Waals surface area contributed by atoms with E-state index in [9.17, 15) is 19.5 Å². The van der Waals surface area contributed by atoms with Crippen LogP contribution in [0.1, 0.15) is 35.4 Å². The van der Waals surface area contributed by atoms with E-state index in [1.54, 1.807) is 36.4 Å². The number of carbonyl (C=O) groups is 3. The first-order valence-electron chi connectivity index (χ1n) is 8.12. The normalized spacial score (nSPS) is 11.7. The summed E-state index contributed by atoms with van der Waals surface area (Å²) in [4.78, 5) is 34.1. The summed E-state index contributed by atoms with van der Waals surface area (Å²) in [6.45, 7) is 1.45. The van der Waals surface area contributed by atoms with E-state index in [4.69, 9.17) is 9.84 Å². The first-order valence-corrected chi connectivity index (χ1v) is 8.12. The summed E-state index contributed by atoms with van der Waals surface area (Å²) >= 11 is 0. The van der Waals surface area contributed by atoms with Gasteiger partial charge >= 0.3 is 12.1 Å². The number of anilines is 1. The summed E-state index contributed by atoms with van der Waals surface area (Å²) in [5.74, 6) is -1.12. The third-order valence-corrected chi connectivity index (χ3v) is 3.66. The SMILES string of the molecule is CC(=O)c1ccc(NC(=O)O[C@@H](C/C=C/C(=O)O)c2ccc(O)cc2)cc1. The molecule has 7 heteroatoms. The Balaban J connectivity index is 2.08. The second-order valence-corrected chi connectivity index (χ2v) is 5.72. The molecule has 0 bridgehead atoms. The lowest BCUT2D eigenvalue weighted by atomic mass is 10.1. The molecule has 1 amide bonds. The van der Waals surface area contributed by atoms with E-state index in [2.05, 4.69) is 5.32 Å². The molecular formula is C20H19NO6. The predicted molar refractivity (Wildman–Crippen MR) is 98.8 cm³/mol. The van der Waals surface area contributed by atoms with Crippen molar-refractivity contribution < 1.29 is 29.3 Å². The molecule has 1 atom stereocenters. The fourth-order valence-electron chi connectivity index (χ4n) is 2.30. The highest BCUT2D eigenvalue weighted by molar-refractivity contribution is 5.95. The third-order valence-electron chi connectivity index (χ3n) is 3.66. The van der Waals surface area contributed by atoms with Gasteiger partial charge in [-0.3, -0.25) is 10.1 Å². The zero-order valence-electron chi connectivity index (χ0n) is 14.6. The van der Waals surface area contributed by atoms with Crippen molar-refractivity contribution in [3.8, 4) is 5.75 Å². The number of aliphatic carboxylic acids is 1. The number of carboxylic acid groups (broad SMARTS) is 1. The third kappa shape index (κ3) is 6.32. The number of hydrogen-bond donors (Lipinski definition) is 3. The molecule has 0 aromatic heterocycles. The smallest absolute Gasteiger partial charge is 0.412 e. The quantitative estimate of drug-likeness (QED) is 0.504. The Hall–Kier alpha value is -3.61. The first kappa shape index (κ1) is 19.7. The van der Waals surface area contributed by atoms with Crippen molar-refractivity contribution in [1.82, 2.24) is 0 Å². The second-order valence-electron chi connectivity index (χ2n) is 5.72.